The molecule has 0 bridgehead atoms. The molecular formula is C24H22Cl2N2O3. The van der Waals surface area contributed by atoms with Gasteiger partial charge in [-0.05, 0) is 48.4 Å². The Balaban J connectivity index is 1.62. The number of halogens is 2. The minimum Gasteiger partial charge on any atom is -0.490 e. The highest BCUT2D eigenvalue weighted by Crippen LogP contribution is 2.30. The average Bonchev–Trinajstić information content (AvgIpc) is 2.75. The molecule has 0 atom stereocenters. The van der Waals surface area contributed by atoms with Gasteiger partial charge in [0.2, 0.25) is 5.91 Å². The Morgan fingerprint density at radius 3 is 2.55 bits per heavy atom. The molecule has 7 heteroatoms. The van der Waals surface area contributed by atoms with Gasteiger partial charge in [0.1, 0.15) is 6.61 Å². The fourth-order valence-corrected chi connectivity index (χ4v) is 3.25. The van der Waals surface area contributed by atoms with Gasteiger partial charge >= 0.3 is 0 Å². The minimum atomic E-state index is -0.188. The Kier molecular flexibility index (Phi) is 8.33. The summed E-state index contributed by atoms with van der Waals surface area (Å²) in [6.07, 6.45) is 1.83. The summed E-state index contributed by atoms with van der Waals surface area (Å²) in [6, 6.07) is 20.2. The third-order valence-corrected chi connectivity index (χ3v) is 4.86. The zero-order valence-corrected chi connectivity index (χ0v) is 18.5. The van der Waals surface area contributed by atoms with Crippen LogP contribution in [0.3, 0.4) is 0 Å². The van der Waals surface area contributed by atoms with Crippen molar-refractivity contribution in [2.75, 3.05) is 6.61 Å². The molecule has 0 heterocycles. The molecule has 5 nitrogen and oxygen atoms in total. The Bertz CT molecular complexity index is 1060. The van der Waals surface area contributed by atoms with E-state index in [4.69, 9.17) is 32.7 Å². The maximum absolute atomic E-state index is 12.0. The van der Waals surface area contributed by atoms with Gasteiger partial charge in [-0.1, -0.05) is 59.6 Å². The lowest BCUT2D eigenvalue weighted by Crippen LogP contribution is -2.19. The molecule has 0 fully saturated rings. The van der Waals surface area contributed by atoms with E-state index in [1.54, 1.807) is 30.5 Å². The second-order valence-corrected chi connectivity index (χ2v) is 7.46. The van der Waals surface area contributed by atoms with Crippen LogP contribution in [0.1, 0.15) is 23.6 Å². The number of carbonyl (C=O) groups excluding carboxylic acids is 1. The third-order valence-electron chi connectivity index (χ3n) is 4.28. The fourth-order valence-electron chi connectivity index (χ4n) is 2.79. The highest BCUT2D eigenvalue weighted by molar-refractivity contribution is 6.35. The lowest BCUT2D eigenvalue weighted by atomic mass is 10.1. The smallest absolute Gasteiger partial charge is 0.244 e. The second-order valence-electron chi connectivity index (χ2n) is 6.62. The molecule has 160 valence electrons. The van der Waals surface area contributed by atoms with Crippen LogP contribution in [0.5, 0.6) is 11.5 Å². The zero-order valence-electron chi connectivity index (χ0n) is 17.0. The predicted molar refractivity (Wildman–Crippen MR) is 124 cm³/mol. The number of hydrogen-bond donors (Lipinski definition) is 1. The number of ether oxygens (including phenoxy) is 2. The molecule has 0 aliphatic rings. The number of carbonyl (C=O) groups is 1. The molecule has 3 aromatic rings. The van der Waals surface area contributed by atoms with Crippen LogP contribution in [0.15, 0.2) is 71.8 Å². The first kappa shape index (κ1) is 22.7. The zero-order chi connectivity index (χ0) is 22.1. The third kappa shape index (κ3) is 7.02. The Morgan fingerprint density at radius 1 is 1.00 bits per heavy atom. The van der Waals surface area contributed by atoms with E-state index < -0.39 is 0 Å². The number of rotatable bonds is 9. The highest BCUT2D eigenvalue weighted by Gasteiger charge is 2.09. The van der Waals surface area contributed by atoms with Crippen LogP contribution in [0.25, 0.3) is 0 Å². The molecule has 3 rings (SSSR count). The minimum absolute atomic E-state index is 0.188. The largest absolute Gasteiger partial charge is 0.490 e. The summed E-state index contributed by atoms with van der Waals surface area (Å²) in [5, 5.41) is 5.15. The normalized spacial score (nSPS) is 10.8. The number of amides is 1. The van der Waals surface area contributed by atoms with Gasteiger partial charge in [-0.3, -0.25) is 4.79 Å². The second kappa shape index (κ2) is 11.4. The summed E-state index contributed by atoms with van der Waals surface area (Å²) in [4.78, 5) is 12.0. The summed E-state index contributed by atoms with van der Waals surface area (Å²) in [6.45, 7) is 2.65. The van der Waals surface area contributed by atoms with Crippen molar-refractivity contribution in [3.8, 4) is 11.5 Å². The molecule has 1 amide bonds. The van der Waals surface area contributed by atoms with Gasteiger partial charge in [0, 0.05) is 15.6 Å². The molecular weight excluding hydrogens is 435 g/mol. The van der Waals surface area contributed by atoms with E-state index in [0.717, 1.165) is 16.7 Å². The Labute approximate surface area is 191 Å². The standard InChI is InChI=1S/C24H22Cl2N2O3/c1-2-30-23-12-18(15-27-28-24(29)13-17-6-4-3-5-7-17)8-11-22(23)31-16-19-9-10-20(25)14-21(19)26/h3-12,14-15H,2,13,16H2,1H3,(H,28,29)/b27-15-. The van der Waals surface area contributed by atoms with Crippen LogP contribution < -0.4 is 14.9 Å². The maximum atomic E-state index is 12.0. The van der Waals surface area contributed by atoms with Crippen molar-refractivity contribution < 1.29 is 14.3 Å². The molecule has 0 spiro atoms. The molecule has 1 N–H and O–H groups in total. The molecule has 31 heavy (non-hydrogen) atoms. The van der Waals surface area contributed by atoms with Crippen molar-refractivity contribution in [3.05, 3.63) is 93.5 Å². The number of nitrogens with zero attached hydrogens (tertiary/aromatic N) is 1. The van der Waals surface area contributed by atoms with Crippen molar-refractivity contribution in [1.29, 1.82) is 0 Å². The van der Waals surface area contributed by atoms with Crippen molar-refractivity contribution in [3.63, 3.8) is 0 Å². The van der Waals surface area contributed by atoms with Crippen LogP contribution in [0.4, 0.5) is 0 Å². The number of hydrogen-bond acceptors (Lipinski definition) is 4. The van der Waals surface area contributed by atoms with Crippen molar-refractivity contribution >= 4 is 35.3 Å². The van der Waals surface area contributed by atoms with E-state index in [1.165, 1.54) is 0 Å². The summed E-state index contributed by atoms with van der Waals surface area (Å²) in [5.74, 6) is 0.970. The number of hydrazone groups is 1. The van der Waals surface area contributed by atoms with Gasteiger partial charge in [0.05, 0.1) is 19.2 Å². The SMILES string of the molecule is CCOc1cc(/C=N\NC(=O)Cc2ccccc2)ccc1OCc1ccc(Cl)cc1Cl. The Morgan fingerprint density at radius 2 is 1.81 bits per heavy atom. The van der Waals surface area contributed by atoms with Crippen molar-refractivity contribution in [1.82, 2.24) is 5.43 Å². The van der Waals surface area contributed by atoms with Crippen LogP contribution >= 0.6 is 23.2 Å². The first-order chi connectivity index (χ1) is 15.0. The van der Waals surface area contributed by atoms with Gasteiger partial charge in [-0.2, -0.15) is 5.10 Å². The van der Waals surface area contributed by atoms with Crippen LogP contribution in [0.2, 0.25) is 10.0 Å². The summed E-state index contributed by atoms with van der Waals surface area (Å²) >= 11 is 12.1. The summed E-state index contributed by atoms with van der Waals surface area (Å²) in [5.41, 5.74) is 5.05. The molecule has 3 aromatic carbocycles. The van der Waals surface area contributed by atoms with Crippen LogP contribution in [-0.2, 0) is 17.8 Å². The van der Waals surface area contributed by atoms with Crippen molar-refractivity contribution in [2.45, 2.75) is 20.0 Å². The van der Waals surface area contributed by atoms with E-state index in [-0.39, 0.29) is 18.9 Å². The summed E-state index contributed by atoms with van der Waals surface area (Å²) < 4.78 is 11.6. The van der Waals surface area contributed by atoms with E-state index >= 15 is 0 Å². The average molecular weight is 457 g/mol. The van der Waals surface area contributed by atoms with E-state index in [2.05, 4.69) is 10.5 Å². The van der Waals surface area contributed by atoms with E-state index in [9.17, 15) is 4.79 Å². The quantitative estimate of drug-likeness (QED) is 0.333. The lowest BCUT2D eigenvalue weighted by molar-refractivity contribution is -0.120. The molecule has 0 aromatic heterocycles. The van der Waals surface area contributed by atoms with E-state index in [1.807, 2.05) is 49.4 Å². The molecule has 0 saturated heterocycles. The van der Waals surface area contributed by atoms with Gasteiger partial charge < -0.3 is 9.47 Å². The topological polar surface area (TPSA) is 59.9 Å². The molecule has 0 aliphatic carbocycles. The molecule has 0 unspecified atom stereocenters. The van der Waals surface area contributed by atoms with Gasteiger partial charge in [0.25, 0.3) is 0 Å². The lowest BCUT2D eigenvalue weighted by Gasteiger charge is -2.13. The predicted octanol–water partition coefficient (Wildman–Crippen LogP) is 5.66. The van der Waals surface area contributed by atoms with Crippen molar-refractivity contribution in [2.24, 2.45) is 5.10 Å². The molecule has 0 saturated carbocycles. The molecule has 0 aliphatic heterocycles. The molecule has 0 radical (unpaired) electrons. The summed E-state index contributed by atoms with van der Waals surface area (Å²) in [7, 11) is 0. The van der Waals surface area contributed by atoms with Gasteiger partial charge in [0.15, 0.2) is 11.5 Å². The Hall–Kier alpha value is -3.02. The van der Waals surface area contributed by atoms with E-state index in [0.29, 0.717) is 28.2 Å². The monoisotopic (exact) mass is 456 g/mol. The number of benzene rings is 3. The van der Waals surface area contributed by atoms with Gasteiger partial charge in [-0.25, -0.2) is 5.43 Å². The fraction of sp³-hybridized carbons (Fsp3) is 0.167. The van der Waals surface area contributed by atoms with Gasteiger partial charge in [-0.15, -0.1) is 0 Å². The first-order valence-electron chi connectivity index (χ1n) is 9.74. The highest BCUT2D eigenvalue weighted by atomic mass is 35.5. The first-order valence-corrected chi connectivity index (χ1v) is 10.5. The maximum Gasteiger partial charge on any atom is 0.244 e. The van der Waals surface area contributed by atoms with Crippen LogP contribution in [0, 0.1) is 0 Å². The number of nitrogens with one attached hydrogen (secondary N) is 1. The van der Waals surface area contributed by atoms with Crippen LogP contribution in [-0.4, -0.2) is 18.7 Å².